The minimum atomic E-state index is -0.627. The van der Waals surface area contributed by atoms with E-state index in [2.05, 4.69) is 16.1 Å². The first-order valence-corrected chi connectivity index (χ1v) is 22.4. The Bertz CT molecular complexity index is 2790. The Labute approximate surface area is 378 Å². The molecule has 2 atom stereocenters. The lowest BCUT2D eigenvalue weighted by Crippen LogP contribution is -2.42. The lowest BCUT2D eigenvalue weighted by Gasteiger charge is -2.34. The Morgan fingerprint density at radius 3 is 2.37 bits per heavy atom. The van der Waals surface area contributed by atoms with Gasteiger partial charge in [-0.2, -0.15) is 5.10 Å². The van der Waals surface area contributed by atoms with Crippen molar-refractivity contribution in [3.63, 3.8) is 0 Å². The van der Waals surface area contributed by atoms with Crippen molar-refractivity contribution in [2.75, 3.05) is 31.7 Å². The molecule has 2 aliphatic rings. The molecule has 2 aliphatic heterocycles. The van der Waals surface area contributed by atoms with Gasteiger partial charge in [0.05, 0.1) is 52.8 Å². The zero-order valence-corrected chi connectivity index (χ0v) is 39.3. The summed E-state index contributed by atoms with van der Waals surface area (Å²) in [6.07, 6.45) is 4.50. The Morgan fingerprint density at radius 1 is 0.968 bits per heavy atom. The van der Waals surface area contributed by atoms with Crippen LogP contribution in [0.2, 0.25) is 10.0 Å². The van der Waals surface area contributed by atoms with Gasteiger partial charge in [0.2, 0.25) is 0 Å². The average Bonchev–Trinajstić information content (AvgIpc) is 3.99. The number of hydrogen-bond acceptors (Lipinski definition) is 7. The maximum atomic E-state index is 15.6. The van der Waals surface area contributed by atoms with Gasteiger partial charge in [-0.25, -0.2) is 9.59 Å². The fourth-order valence-electron chi connectivity index (χ4n) is 9.64. The quantitative estimate of drug-likeness (QED) is 0.0994. The van der Waals surface area contributed by atoms with Gasteiger partial charge in [-0.1, -0.05) is 29.3 Å². The van der Waals surface area contributed by atoms with Gasteiger partial charge < -0.3 is 33.1 Å². The van der Waals surface area contributed by atoms with Crippen molar-refractivity contribution in [3.8, 4) is 16.9 Å². The molecule has 0 saturated carbocycles. The van der Waals surface area contributed by atoms with Gasteiger partial charge in [0, 0.05) is 71.5 Å². The van der Waals surface area contributed by atoms with Crippen LogP contribution in [0.25, 0.3) is 32.9 Å². The van der Waals surface area contributed by atoms with Gasteiger partial charge in [0.1, 0.15) is 17.0 Å². The first-order valence-electron chi connectivity index (χ1n) is 21.7. The van der Waals surface area contributed by atoms with E-state index in [-0.39, 0.29) is 24.1 Å². The lowest BCUT2D eigenvalue weighted by molar-refractivity contribution is 0.0214. The van der Waals surface area contributed by atoms with Crippen LogP contribution in [0, 0.1) is 27.7 Å². The summed E-state index contributed by atoms with van der Waals surface area (Å²) in [5.74, 6) is 0.115. The largest absolute Gasteiger partial charge is 0.494 e. The predicted molar refractivity (Wildman–Crippen MR) is 249 cm³/mol. The molecule has 0 aliphatic carbocycles. The summed E-state index contributed by atoms with van der Waals surface area (Å²) in [5, 5.41) is 7.75. The summed E-state index contributed by atoms with van der Waals surface area (Å²) in [4.78, 5) is 45.6. The smallest absolute Gasteiger partial charge is 0.410 e. The summed E-state index contributed by atoms with van der Waals surface area (Å²) < 4.78 is 23.4. The molecule has 14 heteroatoms. The highest BCUT2D eigenvalue weighted by molar-refractivity contribution is 6.35. The van der Waals surface area contributed by atoms with Crippen molar-refractivity contribution in [2.24, 2.45) is 7.05 Å². The number of likely N-dealkylation sites (tertiary alicyclic amines) is 1. The minimum Gasteiger partial charge on any atom is -0.494 e. The number of nitrogens with zero attached hydrogens (tertiary/aromatic N) is 6. The molecule has 0 radical (unpaired) electrons. The Hall–Kier alpha value is -5.46. The number of carbonyl (C=O) groups excluding carboxylic acids is 3. The molecule has 0 unspecified atom stereocenters. The average molecular weight is 896 g/mol. The molecule has 1 fully saturated rings. The van der Waals surface area contributed by atoms with Gasteiger partial charge in [0.25, 0.3) is 5.91 Å². The van der Waals surface area contributed by atoms with E-state index in [0.29, 0.717) is 61.1 Å². The third kappa shape index (κ3) is 8.05. The molecule has 63 heavy (non-hydrogen) atoms. The third-order valence-electron chi connectivity index (χ3n) is 12.5. The van der Waals surface area contributed by atoms with E-state index in [4.69, 9.17) is 42.5 Å². The second kappa shape index (κ2) is 16.9. The number of carbonyl (C=O) groups is 3. The molecule has 2 amide bonds. The number of fused-ring (bicyclic) bond motifs is 4. The number of benzene rings is 3. The van der Waals surface area contributed by atoms with Gasteiger partial charge in [-0.05, 0) is 134 Å². The van der Waals surface area contributed by atoms with Gasteiger partial charge in [0.15, 0.2) is 0 Å². The number of methoxy groups -OCH3 is 1. The van der Waals surface area contributed by atoms with Crippen LogP contribution < -0.4 is 9.64 Å². The normalized spacial score (nSPS) is 16.7. The van der Waals surface area contributed by atoms with E-state index in [1.165, 1.54) is 7.11 Å². The SMILES string of the molecule is COC(=O)c1ccc2c(c1)c(N1C[C@H](C)n3c(c(CCCOc4cc(C)c(Cl)c(C)c4)c4ccc(Cl)c(-c5c(C)nn(C)c5C)c43)C1=O)cn2C[C@H]1CCCN1C(=O)OC(C)(C)C. The fraction of sp³-hybridized carbons (Fsp3) is 0.429. The van der Waals surface area contributed by atoms with E-state index in [9.17, 15) is 9.59 Å². The van der Waals surface area contributed by atoms with Crippen LogP contribution in [0.3, 0.4) is 0 Å². The number of anilines is 1. The first-order chi connectivity index (χ1) is 29.9. The number of halogens is 2. The summed E-state index contributed by atoms with van der Waals surface area (Å²) in [5.41, 5.74) is 9.18. The van der Waals surface area contributed by atoms with Crippen LogP contribution in [0.1, 0.15) is 102 Å². The highest BCUT2D eigenvalue weighted by Crippen LogP contribution is 2.46. The van der Waals surface area contributed by atoms with Crippen LogP contribution in [0.5, 0.6) is 5.75 Å². The fourth-order valence-corrected chi connectivity index (χ4v) is 10.00. The number of ether oxygens (including phenoxy) is 3. The maximum Gasteiger partial charge on any atom is 0.410 e. The molecular weight excluding hydrogens is 839 g/mol. The molecule has 3 aromatic carbocycles. The zero-order chi connectivity index (χ0) is 45.2. The Balaban J connectivity index is 1.24. The Kier molecular flexibility index (Phi) is 11.9. The van der Waals surface area contributed by atoms with Crippen LogP contribution in [-0.2, 0) is 29.5 Å². The van der Waals surface area contributed by atoms with Crippen molar-refractivity contribution in [1.29, 1.82) is 0 Å². The number of aromatic nitrogens is 4. The summed E-state index contributed by atoms with van der Waals surface area (Å²) >= 11 is 13.6. The third-order valence-corrected chi connectivity index (χ3v) is 13.5. The standard InChI is InChI=1S/C49H56Cl2N6O6/c1-27-21-34(22-28(2)43(27)51)62-20-12-14-35-36-16-17-38(50)42(41-30(4)52-53(9)31(41)5)44(36)57-29(3)24-56(46(58)45(35)57)40-26-54(39-18-15-32(23-37(39)40)47(59)61-10)25-33-13-11-19-55(33)48(60)63-49(6,7)8/h15-18,21-23,26,29,33H,11-14,19-20,24-25H2,1-10H3/t29-,33+/m0/s1. The van der Waals surface area contributed by atoms with Gasteiger partial charge in [-0.3, -0.25) is 9.48 Å². The first kappa shape index (κ1) is 44.2. The zero-order valence-electron chi connectivity index (χ0n) is 37.8. The van der Waals surface area contributed by atoms with E-state index in [1.54, 1.807) is 12.1 Å². The molecule has 0 spiro atoms. The highest BCUT2D eigenvalue weighted by Gasteiger charge is 2.39. The molecule has 0 N–H and O–H groups in total. The van der Waals surface area contributed by atoms with Crippen molar-refractivity contribution in [3.05, 3.63) is 98.0 Å². The maximum absolute atomic E-state index is 15.6. The predicted octanol–water partition coefficient (Wildman–Crippen LogP) is 11.0. The van der Waals surface area contributed by atoms with Crippen LogP contribution in [0.15, 0.2) is 48.7 Å². The molecule has 1 saturated heterocycles. The summed E-state index contributed by atoms with van der Waals surface area (Å²) in [6.45, 7) is 17.6. The molecule has 332 valence electrons. The van der Waals surface area contributed by atoms with Gasteiger partial charge >= 0.3 is 12.1 Å². The molecule has 0 bridgehead atoms. The van der Waals surface area contributed by atoms with E-state index >= 15 is 4.79 Å². The van der Waals surface area contributed by atoms with E-state index < -0.39 is 11.6 Å². The lowest BCUT2D eigenvalue weighted by atomic mass is 9.98. The Morgan fingerprint density at radius 2 is 1.70 bits per heavy atom. The van der Waals surface area contributed by atoms with E-state index in [1.807, 2.05) is 107 Å². The monoisotopic (exact) mass is 894 g/mol. The molecule has 6 aromatic rings. The van der Waals surface area contributed by atoms with Crippen molar-refractivity contribution >= 4 is 68.7 Å². The van der Waals surface area contributed by atoms with Crippen molar-refractivity contribution in [2.45, 2.75) is 105 Å². The highest BCUT2D eigenvalue weighted by atomic mass is 35.5. The molecule has 12 nitrogen and oxygen atoms in total. The number of rotatable bonds is 10. The number of hydrogen-bond donors (Lipinski definition) is 0. The molecule has 5 heterocycles. The van der Waals surface area contributed by atoms with Gasteiger partial charge in [-0.15, -0.1) is 0 Å². The van der Waals surface area contributed by atoms with Crippen LogP contribution in [0.4, 0.5) is 10.5 Å². The van der Waals surface area contributed by atoms with E-state index in [0.717, 1.165) is 84.6 Å². The topological polar surface area (TPSA) is 113 Å². The molecular formula is C49H56Cl2N6O6. The summed E-state index contributed by atoms with van der Waals surface area (Å²) in [6, 6.07) is 13.0. The van der Waals surface area contributed by atoms with Crippen molar-refractivity contribution < 1.29 is 28.6 Å². The molecule has 3 aromatic heterocycles. The summed E-state index contributed by atoms with van der Waals surface area (Å²) in [7, 11) is 3.29. The second-order valence-corrected chi connectivity index (χ2v) is 18.9. The van der Waals surface area contributed by atoms with Crippen LogP contribution >= 0.6 is 23.2 Å². The van der Waals surface area contributed by atoms with Crippen molar-refractivity contribution in [1.82, 2.24) is 23.8 Å². The van der Waals surface area contributed by atoms with Crippen LogP contribution in [-0.4, -0.2) is 80.2 Å². The number of esters is 1. The minimum absolute atomic E-state index is 0.126. The number of aryl methyl sites for hydroxylation is 5. The molecule has 8 rings (SSSR count). The number of amides is 2. The second-order valence-electron chi connectivity index (χ2n) is 18.1.